The third kappa shape index (κ3) is 3.65. The normalized spacial score (nSPS) is 9.39. The number of rotatable bonds is 3. The minimum atomic E-state index is -0.119. The lowest BCUT2D eigenvalue weighted by Crippen LogP contribution is -1.94. The van der Waals surface area contributed by atoms with Gasteiger partial charge in [0, 0.05) is 5.56 Å². The van der Waals surface area contributed by atoms with Gasteiger partial charge in [-0.25, -0.2) is 0 Å². The van der Waals surface area contributed by atoms with E-state index in [-0.39, 0.29) is 6.61 Å². The van der Waals surface area contributed by atoms with Crippen LogP contribution in [0.15, 0.2) is 54.6 Å². The molecule has 2 nitrogen and oxygen atoms in total. The molecule has 2 aromatic rings. The zero-order valence-electron chi connectivity index (χ0n) is 9.97. The Morgan fingerprint density at radius 2 is 1.67 bits per heavy atom. The van der Waals surface area contributed by atoms with Crippen LogP contribution in [-0.4, -0.2) is 11.7 Å². The van der Waals surface area contributed by atoms with Gasteiger partial charge in [0.2, 0.25) is 0 Å². The lowest BCUT2D eigenvalue weighted by molar-refractivity contribution is 0.306. The largest absolute Gasteiger partial charge is 0.489 e. The predicted octanol–water partition coefficient (Wildman–Crippen LogP) is 2.61. The fourth-order valence-electron chi connectivity index (χ4n) is 1.52. The van der Waals surface area contributed by atoms with E-state index < -0.39 is 0 Å². The van der Waals surface area contributed by atoms with Crippen molar-refractivity contribution in [3.63, 3.8) is 0 Å². The minimum Gasteiger partial charge on any atom is -0.489 e. The van der Waals surface area contributed by atoms with Gasteiger partial charge in [-0.1, -0.05) is 42.2 Å². The van der Waals surface area contributed by atoms with E-state index in [1.165, 1.54) is 0 Å². The summed E-state index contributed by atoms with van der Waals surface area (Å²) in [6, 6.07) is 17.5. The predicted molar refractivity (Wildman–Crippen MR) is 71.2 cm³/mol. The van der Waals surface area contributed by atoms with E-state index in [0.717, 1.165) is 16.9 Å². The number of hydrogen-bond acceptors (Lipinski definition) is 2. The molecule has 0 aliphatic carbocycles. The van der Waals surface area contributed by atoms with Gasteiger partial charge in [-0.15, -0.1) is 0 Å². The van der Waals surface area contributed by atoms with Gasteiger partial charge in [-0.2, -0.15) is 0 Å². The molecule has 0 unspecified atom stereocenters. The molecule has 18 heavy (non-hydrogen) atoms. The molecule has 0 bridgehead atoms. The molecule has 2 rings (SSSR count). The molecule has 0 saturated carbocycles. The average molecular weight is 238 g/mol. The molecule has 1 N–H and O–H groups in total. The fraction of sp³-hybridized carbons (Fsp3) is 0.125. The van der Waals surface area contributed by atoms with Crippen molar-refractivity contribution < 1.29 is 9.84 Å². The topological polar surface area (TPSA) is 29.5 Å². The van der Waals surface area contributed by atoms with Crippen LogP contribution < -0.4 is 4.74 Å². The van der Waals surface area contributed by atoms with E-state index in [9.17, 15) is 0 Å². The van der Waals surface area contributed by atoms with Crippen molar-refractivity contribution in [1.29, 1.82) is 0 Å². The maximum absolute atomic E-state index is 8.59. The lowest BCUT2D eigenvalue weighted by Gasteiger charge is -2.05. The maximum Gasteiger partial charge on any atom is 0.119 e. The number of ether oxygens (including phenoxy) is 1. The smallest absolute Gasteiger partial charge is 0.119 e. The van der Waals surface area contributed by atoms with E-state index in [1.54, 1.807) is 0 Å². The van der Waals surface area contributed by atoms with Gasteiger partial charge in [-0.3, -0.25) is 0 Å². The highest BCUT2D eigenvalue weighted by molar-refractivity contribution is 5.38. The third-order valence-corrected chi connectivity index (χ3v) is 2.41. The highest BCUT2D eigenvalue weighted by atomic mass is 16.5. The van der Waals surface area contributed by atoms with Crippen molar-refractivity contribution in [3.8, 4) is 17.6 Å². The van der Waals surface area contributed by atoms with Crippen LogP contribution in [0.3, 0.4) is 0 Å². The maximum atomic E-state index is 8.59. The molecular formula is C16H14O2. The second-order valence-corrected chi connectivity index (χ2v) is 3.76. The minimum absolute atomic E-state index is 0.119. The molecule has 0 atom stereocenters. The molecule has 0 saturated heterocycles. The average Bonchev–Trinajstić information content (AvgIpc) is 2.45. The zero-order valence-corrected chi connectivity index (χ0v) is 9.97. The van der Waals surface area contributed by atoms with Crippen molar-refractivity contribution in [2.45, 2.75) is 6.61 Å². The Morgan fingerprint density at radius 3 is 2.33 bits per heavy atom. The number of hydrogen-bond donors (Lipinski definition) is 1. The molecule has 2 heteroatoms. The number of aliphatic hydroxyl groups excluding tert-OH is 1. The van der Waals surface area contributed by atoms with E-state index in [4.69, 9.17) is 9.84 Å². The van der Waals surface area contributed by atoms with Gasteiger partial charge in [0.1, 0.15) is 19.0 Å². The second-order valence-electron chi connectivity index (χ2n) is 3.76. The standard InChI is InChI=1S/C16H14O2/c17-12-4-7-14-8-10-16(11-9-14)18-13-15-5-2-1-3-6-15/h1-3,5-6,8-11,17H,12-13H2. The molecule has 90 valence electrons. The first-order valence-electron chi connectivity index (χ1n) is 5.75. The molecular weight excluding hydrogens is 224 g/mol. The van der Waals surface area contributed by atoms with Gasteiger partial charge in [0.25, 0.3) is 0 Å². The van der Waals surface area contributed by atoms with Crippen LogP contribution in [0.25, 0.3) is 0 Å². The summed E-state index contributed by atoms with van der Waals surface area (Å²) in [6.45, 7) is 0.439. The monoisotopic (exact) mass is 238 g/mol. The van der Waals surface area contributed by atoms with Crippen molar-refractivity contribution in [3.05, 3.63) is 65.7 Å². The fourth-order valence-corrected chi connectivity index (χ4v) is 1.52. The summed E-state index contributed by atoms with van der Waals surface area (Å²) < 4.78 is 5.65. The Balaban J connectivity index is 1.94. The zero-order chi connectivity index (χ0) is 12.6. The molecule has 0 aliphatic heterocycles. The molecule has 0 radical (unpaired) electrons. The molecule has 2 aromatic carbocycles. The Labute approximate surface area is 107 Å². The van der Waals surface area contributed by atoms with Crippen LogP contribution in [-0.2, 0) is 6.61 Å². The van der Waals surface area contributed by atoms with E-state index in [2.05, 4.69) is 11.8 Å². The first kappa shape index (κ1) is 12.2. The third-order valence-electron chi connectivity index (χ3n) is 2.41. The van der Waals surface area contributed by atoms with Crippen molar-refractivity contribution in [2.24, 2.45) is 0 Å². The summed E-state index contributed by atoms with van der Waals surface area (Å²) in [5.74, 6) is 6.26. The van der Waals surface area contributed by atoms with Gasteiger partial charge < -0.3 is 9.84 Å². The van der Waals surface area contributed by atoms with Crippen LogP contribution in [0.5, 0.6) is 5.75 Å². The van der Waals surface area contributed by atoms with Crippen molar-refractivity contribution in [2.75, 3.05) is 6.61 Å². The van der Waals surface area contributed by atoms with Crippen LogP contribution in [0.4, 0.5) is 0 Å². The molecule has 0 aliphatic rings. The number of benzene rings is 2. The summed E-state index contributed by atoms with van der Waals surface area (Å²) in [5.41, 5.74) is 2.01. The summed E-state index contributed by atoms with van der Waals surface area (Å²) in [5, 5.41) is 8.59. The summed E-state index contributed by atoms with van der Waals surface area (Å²) in [7, 11) is 0. The van der Waals surface area contributed by atoms with Crippen molar-refractivity contribution in [1.82, 2.24) is 0 Å². The highest BCUT2D eigenvalue weighted by Crippen LogP contribution is 2.13. The quantitative estimate of drug-likeness (QED) is 0.833. The van der Waals surface area contributed by atoms with Gasteiger partial charge in [0.15, 0.2) is 0 Å². The van der Waals surface area contributed by atoms with E-state index in [0.29, 0.717) is 6.61 Å². The Bertz CT molecular complexity index is 533. The summed E-state index contributed by atoms with van der Waals surface area (Å²) in [6.07, 6.45) is 0. The molecule has 0 fully saturated rings. The SMILES string of the molecule is OCC#Cc1ccc(OCc2ccccc2)cc1. The first-order valence-corrected chi connectivity index (χ1v) is 5.75. The van der Waals surface area contributed by atoms with E-state index in [1.807, 2.05) is 54.6 Å². The molecule has 0 spiro atoms. The highest BCUT2D eigenvalue weighted by Gasteiger charge is 1.95. The van der Waals surface area contributed by atoms with Gasteiger partial charge >= 0.3 is 0 Å². The lowest BCUT2D eigenvalue weighted by atomic mass is 10.2. The van der Waals surface area contributed by atoms with Crippen LogP contribution in [0.2, 0.25) is 0 Å². The van der Waals surface area contributed by atoms with Gasteiger partial charge in [-0.05, 0) is 29.8 Å². The Kier molecular flexibility index (Phi) is 4.40. The summed E-state index contributed by atoms with van der Waals surface area (Å²) in [4.78, 5) is 0. The molecule has 0 amide bonds. The van der Waals surface area contributed by atoms with Crippen LogP contribution in [0, 0.1) is 11.8 Å². The number of aliphatic hydroxyl groups is 1. The molecule has 0 aromatic heterocycles. The molecule has 0 heterocycles. The Hall–Kier alpha value is -2.24. The van der Waals surface area contributed by atoms with E-state index >= 15 is 0 Å². The second kappa shape index (κ2) is 6.48. The van der Waals surface area contributed by atoms with Crippen molar-refractivity contribution >= 4 is 0 Å². The Morgan fingerprint density at radius 1 is 0.944 bits per heavy atom. The van der Waals surface area contributed by atoms with Gasteiger partial charge in [0.05, 0.1) is 0 Å². The van der Waals surface area contributed by atoms with Crippen LogP contribution >= 0.6 is 0 Å². The summed E-state index contributed by atoms with van der Waals surface area (Å²) >= 11 is 0. The first-order chi connectivity index (χ1) is 8.88. The van der Waals surface area contributed by atoms with Crippen LogP contribution in [0.1, 0.15) is 11.1 Å².